The number of hydrogen-bond donors (Lipinski definition) is 1. The molecule has 0 amide bonds. The van der Waals surface area contributed by atoms with Gasteiger partial charge in [0.05, 0.1) is 5.60 Å². The summed E-state index contributed by atoms with van der Waals surface area (Å²) in [4.78, 5) is 2.63. The lowest BCUT2D eigenvalue weighted by molar-refractivity contribution is -0.148. The fourth-order valence-corrected chi connectivity index (χ4v) is 5.47. The Morgan fingerprint density at radius 3 is 2.40 bits per heavy atom. The third-order valence-electron chi connectivity index (χ3n) is 7.02. The van der Waals surface area contributed by atoms with Crippen molar-refractivity contribution < 1.29 is 4.74 Å². The van der Waals surface area contributed by atoms with Crippen molar-refractivity contribution in [2.75, 3.05) is 13.7 Å². The van der Waals surface area contributed by atoms with Crippen molar-refractivity contribution >= 4 is 0 Å². The molecule has 2 bridgehead atoms. The van der Waals surface area contributed by atoms with Gasteiger partial charge in [0.2, 0.25) is 0 Å². The lowest BCUT2D eigenvalue weighted by atomic mass is 9.68. The van der Waals surface area contributed by atoms with Gasteiger partial charge in [0.25, 0.3) is 0 Å². The van der Waals surface area contributed by atoms with Crippen molar-refractivity contribution in [1.82, 2.24) is 4.90 Å². The minimum absolute atomic E-state index is 0.255. The molecule has 4 rings (SSSR count). The van der Waals surface area contributed by atoms with E-state index in [-0.39, 0.29) is 5.60 Å². The Hall–Kier alpha value is -0.120. The smallest absolute Gasteiger partial charge is 0.0685 e. The first-order valence-electron chi connectivity index (χ1n) is 8.78. The van der Waals surface area contributed by atoms with E-state index in [4.69, 9.17) is 10.5 Å². The fraction of sp³-hybridized carbons (Fsp3) is 1.00. The fourth-order valence-electron chi connectivity index (χ4n) is 5.47. The molecule has 3 heteroatoms. The molecule has 4 unspecified atom stereocenters. The van der Waals surface area contributed by atoms with Crippen LogP contribution < -0.4 is 5.73 Å². The highest BCUT2D eigenvalue weighted by Crippen LogP contribution is 2.47. The maximum atomic E-state index is 6.75. The summed E-state index contributed by atoms with van der Waals surface area (Å²) in [5.41, 5.74) is 7.00. The molecule has 2 N–H and O–H groups in total. The number of ether oxygens (including phenoxy) is 1. The predicted octanol–water partition coefficient (Wildman–Crippen LogP) is 2.54. The Morgan fingerprint density at radius 1 is 1.10 bits per heavy atom. The summed E-state index contributed by atoms with van der Waals surface area (Å²) in [6, 6.07) is 2.07. The lowest BCUT2D eigenvalue weighted by Crippen LogP contribution is -2.53. The maximum Gasteiger partial charge on any atom is 0.0685 e. The third-order valence-corrected chi connectivity index (χ3v) is 7.02. The van der Waals surface area contributed by atoms with Crippen LogP contribution in [0.15, 0.2) is 0 Å². The van der Waals surface area contributed by atoms with Crippen LogP contribution >= 0.6 is 0 Å². The van der Waals surface area contributed by atoms with Crippen LogP contribution in [0.1, 0.15) is 57.8 Å². The van der Waals surface area contributed by atoms with Gasteiger partial charge >= 0.3 is 0 Å². The first-order valence-corrected chi connectivity index (χ1v) is 8.78. The van der Waals surface area contributed by atoms with Gasteiger partial charge in [-0.2, -0.15) is 0 Å². The van der Waals surface area contributed by atoms with E-state index in [1.54, 1.807) is 0 Å². The molecule has 3 aliphatic heterocycles. The van der Waals surface area contributed by atoms with Crippen LogP contribution in [0.5, 0.6) is 0 Å². The van der Waals surface area contributed by atoms with E-state index in [1.807, 2.05) is 0 Å². The van der Waals surface area contributed by atoms with Gasteiger partial charge < -0.3 is 15.4 Å². The Labute approximate surface area is 123 Å². The Bertz CT molecular complexity index is 352. The average molecular weight is 278 g/mol. The number of piperidine rings is 1. The van der Waals surface area contributed by atoms with Crippen molar-refractivity contribution in [1.29, 1.82) is 0 Å². The average Bonchev–Trinajstić information content (AvgIpc) is 2.67. The SMILES string of the molecule is CN1C2CCC1CC(C(N)C1CCOC3(CCC3)C1)C2. The Kier molecular flexibility index (Phi) is 3.36. The minimum atomic E-state index is 0.255. The van der Waals surface area contributed by atoms with E-state index in [0.717, 1.165) is 30.5 Å². The van der Waals surface area contributed by atoms with E-state index in [2.05, 4.69) is 11.9 Å². The summed E-state index contributed by atoms with van der Waals surface area (Å²) in [7, 11) is 2.32. The summed E-state index contributed by atoms with van der Waals surface area (Å²) in [6.07, 6.45) is 11.9. The molecule has 1 aliphatic carbocycles. The number of rotatable bonds is 2. The van der Waals surface area contributed by atoms with Gasteiger partial charge in [-0.05, 0) is 76.7 Å². The van der Waals surface area contributed by atoms with Crippen molar-refractivity contribution in [3.05, 3.63) is 0 Å². The van der Waals surface area contributed by atoms with Crippen LogP contribution in [0.25, 0.3) is 0 Å². The molecule has 3 heterocycles. The summed E-state index contributed by atoms with van der Waals surface area (Å²) >= 11 is 0. The normalized spacial score (nSPS) is 45.3. The molecule has 0 radical (unpaired) electrons. The van der Waals surface area contributed by atoms with Gasteiger partial charge in [-0.15, -0.1) is 0 Å². The molecule has 0 aromatic carbocycles. The Balaban J connectivity index is 1.41. The van der Waals surface area contributed by atoms with Gasteiger partial charge in [0.15, 0.2) is 0 Å². The molecule has 4 fully saturated rings. The van der Waals surface area contributed by atoms with Crippen LogP contribution in [0.3, 0.4) is 0 Å². The third kappa shape index (κ3) is 2.13. The van der Waals surface area contributed by atoms with Gasteiger partial charge in [-0.1, -0.05) is 0 Å². The number of nitrogens with two attached hydrogens (primary N) is 1. The van der Waals surface area contributed by atoms with E-state index >= 15 is 0 Å². The quantitative estimate of drug-likeness (QED) is 0.843. The molecular formula is C17H30N2O. The van der Waals surface area contributed by atoms with Crippen LogP contribution in [0.4, 0.5) is 0 Å². The molecule has 20 heavy (non-hydrogen) atoms. The summed E-state index contributed by atoms with van der Waals surface area (Å²) in [5.74, 6) is 1.49. The van der Waals surface area contributed by atoms with Crippen LogP contribution in [-0.4, -0.2) is 42.3 Å². The highest BCUT2D eigenvalue weighted by molar-refractivity contribution is 5.01. The van der Waals surface area contributed by atoms with Crippen molar-refractivity contribution in [3.63, 3.8) is 0 Å². The molecule has 4 atom stereocenters. The maximum absolute atomic E-state index is 6.75. The zero-order valence-corrected chi connectivity index (χ0v) is 12.9. The molecule has 3 nitrogen and oxygen atoms in total. The molecule has 4 aliphatic rings. The molecule has 3 saturated heterocycles. The highest BCUT2D eigenvalue weighted by atomic mass is 16.5. The standard InChI is InChI=1S/C17H30N2O/c1-19-14-3-4-15(19)10-13(9-14)16(18)12-5-8-20-17(11-12)6-2-7-17/h12-16H,2-11,18H2,1H3. The second-order valence-electron chi connectivity index (χ2n) is 8.00. The van der Waals surface area contributed by atoms with E-state index < -0.39 is 0 Å². The van der Waals surface area contributed by atoms with Gasteiger partial charge in [0, 0.05) is 24.7 Å². The minimum Gasteiger partial charge on any atom is -0.375 e. The molecule has 0 aromatic rings. The zero-order valence-electron chi connectivity index (χ0n) is 12.9. The Morgan fingerprint density at radius 2 is 1.80 bits per heavy atom. The molecular weight excluding hydrogens is 248 g/mol. The second-order valence-corrected chi connectivity index (χ2v) is 8.00. The molecule has 0 aromatic heterocycles. The van der Waals surface area contributed by atoms with Gasteiger partial charge in [-0.25, -0.2) is 0 Å². The molecule has 1 spiro atoms. The van der Waals surface area contributed by atoms with Crippen molar-refractivity contribution in [2.45, 2.75) is 81.5 Å². The topological polar surface area (TPSA) is 38.5 Å². The first-order chi connectivity index (χ1) is 9.67. The predicted molar refractivity (Wildman–Crippen MR) is 80.5 cm³/mol. The highest BCUT2D eigenvalue weighted by Gasteiger charge is 2.47. The number of hydrogen-bond acceptors (Lipinski definition) is 3. The number of fused-ring (bicyclic) bond motifs is 2. The second kappa shape index (κ2) is 4.96. The summed E-state index contributed by atoms with van der Waals surface area (Å²) < 4.78 is 6.08. The zero-order chi connectivity index (χ0) is 13.7. The summed E-state index contributed by atoms with van der Waals surface area (Å²) in [5, 5.41) is 0. The van der Waals surface area contributed by atoms with Crippen LogP contribution in [0.2, 0.25) is 0 Å². The van der Waals surface area contributed by atoms with Crippen LogP contribution in [-0.2, 0) is 4.74 Å². The first kappa shape index (κ1) is 13.5. The lowest BCUT2D eigenvalue weighted by Gasteiger charge is -2.50. The van der Waals surface area contributed by atoms with E-state index in [0.29, 0.717) is 6.04 Å². The monoisotopic (exact) mass is 278 g/mol. The van der Waals surface area contributed by atoms with E-state index in [9.17, 15) is 0 Å². The van der Waals surface area contributed by atoms with Gasteiger partial charge in [-0.3, -0.25) is 0 Å². The van der Waals surface area contributed by atoms with Crippen LogP contribution in [0, 0.1) is 11.8 Å². The van der Waals surface area contributed by atoms with E-state index in [1.165, 1.54) is 57.8 Å². The van der Waals surface area contributed by atoms with Crippen molar-refractivity contribution in [3.8, 4) is 0 Å². The summed E-state index contributed by atoms with van der Waals surface area (Å²) in [6.45, 7) is 0.956. The molecule has 1 saturated carbocycles. The largest absolute Gasteiger partial charge is 0.375 e. The molecule has 114 valence electrons. The van der Waals surface area contributed by atoms with Gasteiger partial charge in [0.1, 0.15) is 0 Å². The number of nitrogens with zero attached hydrogens (tertiary/aromatic N) is 1. The van der Waals surface area contributed by atoms with Crippen molar-refractivity contribution in [2.24, 2.45) is 17.6 Å².